The fourth-order valence-electron chi connectivity index (χ4n) is 1.68. The van der Waals surface area contributed by atoms with Gasteiger partial charge in [0.2, 0.25) is 0 Å². The third-order valence-electron chi connectivity index (χ3n) is 3.04. The second kappa shape index (κ2) is 4.94. The molecule has 1 fully saturated rings. The Morgan fingerprint density at radius 2 is 2.15 bits per heavy atom. The first kappa shape index (κ1) is 11.0. The molecule has 1 unspecified atom stereocenters. The standard InChI is InChI=1S/C10H22N2O/c1-8(12(2)3)7-11-9-5-4-6-10(9)13/h8-11,13H,4-7H2,1-3H3/t8?,9-,10-/m1/s1. The Kier molecular flexibility index (Phi) is 4.16. The highest BCUT2D eigenvalue weighted by molar-refractivity contribution is 4.83. The maximum Gasteiger partial charge on any atom is 0.0693 e. The molecule has 0 aromatic heterocycles. The van der Waals surface area contributed by atoms with Gasteiger partial charge in [-0.15, -0.1) is 0 Å². The summed E-state index contributed by atoms with van der Waals surface area (Å²) in [7, 11) is 4.16. The van der Waals surface area contributed by atoms with Crippen LogP contribution < -0.4 is 5.32 Å². The van der Waals surface area contributed by atoms with E-state index in [-0.39, 0.29) is 6.10 Å². The fraction of sp³-hybridized carbons (Fsp3) is 1.00. The minimum absolute atomic E-state index is 0.116. The molecule has 1 aliphatic carbocycles. The molecule has 3 heteroatoms. The van der Waals surface area contributed by atoms with Crippen LogP contribution in [-0.2, 0) is 0 Å². The Morgan fingerprint density at radius 1 is 1.46 bits per heavy atom. The smallest absolute Gasteiger partial charge is 0.0693 e. The first-order chi connectivity index (χ1) is 6.11. The lowest BCUT2D eigenvalue weighted by atomic mass is 10.2. The fourth-order valence-corrected chi connectivity index (χ4v) is 1.68. The number of aliphatic hydroxyl groups excluding tert-OH is 1. The normalized spacial score (nSPS) is 31.2. The van der Waals surface area contributed by atoms with Crippen LogP contribution in [0.3, 0.4) is 0 Å². The number of hydrogen-bond donors (Lipinski definition) is 2. The Hall–Kier alpha value is -0.120. The maximum atomic E-state index is 9.56. The minimum Gasteiger partial charge on any atom is -0.392 e. The lowest BCUT2D eigenvalue weighted by Crippen LogP contribution is -2.43. The molecule has 0 aliphatic heterocycles. The lowest BCUT2D eigenvalue weighted by molar-refractivity contribution is 0.144. The summed E-state index contributed by atoms with van der Waals surface area (Å²) in [6.07, 6.45) is 3.14. The van der Waals surface area contributed by atoms with Crippen LogP contribution in [0, 0.1) is 0 Å². The van der Waals surface area contributed by atoms with E-state index in [4.69, 9.17) is 0 Å². The van der Waals surface area contributed by atoms with Crippen LogP contribution in [0.1, 0.15) is 26.2 Å². The Labute approximate surface area is 81.1 Å². The Morgan fingerprint density at radius 3 is 2.62 bits per heavy atom. The zero-order valence-corrected chi connectivity index (χ0v) is 8.95. The van der Waals surface area contributed by atoms with Crippen molar-refractivity contribution in [2.24, 2.45) is 0 Å². The summed E-state index contributed by atoms with van der Waals surface area (Å²) in [5.41, 5.74) is 0. The first-order valence-corrected chi connectivity index (χ1v) is 5.19. The van der Waals surface area contributed by atoms with E-state index in [0.29, 0.717) is 12.1 Å². The van der Waals surface area contributed by atoms with Crippen LogP contribution in [0.25, 0.3) is 0 Å². The van der Waals surface area contributed by atoms with E-state index in [0.717, 1.165) is 25.8 Å². The van der Waals surface area contributed by atoms with Gasteiger partial charge in [-0.05, 0) is 40.3 Å². The van der Waals surface area contributed by atoms with Crippen molar-refractivity contribution in [3.05, 3.63) is 0 Å². The third-order valence-corrected chi connectivity index (χ3v) is 3.04. The topological polar surface area (TPSA) is 35.5 Å². The average Bonchev–Trinajstić information content (AvgIpc) is 2.47. The maximum absolute atomic E-state index is 9.56. The number of hydrogen-bond acceptors (Lipinski definition) is 3. The van der Waals surface area contributed by atoms with Crippen molar-refractivity contribution < 1.29 is 5.11 Å². The first-order valence-electron chi connectivity index (χ1n) is 5.19. The van der Waals surface area contributed by atoms with Crippen LogP contribution in [0.4, 0.5) is 0 Å². The minimum atomic E-state index is -0.116. The van der Waals surface area contributed by atoms with Gasteiger partial charge >= 0.3 is 0 Å². The zero-order valence-electron chi connectivity index (χ0n) is 8.95. The highest BCUT2D eigenvalue weighted by Gasteiger charge is 2.24. The summed E-state index contributed by atoms with van der Waals surface area (Å²) in [6.45, 7) is 3.16. The monoisotopic (exact) mass is 186 g/mol. The second-order valence-electron chi connectivity index (χ2n) is 4.33. The van der Waals surface area contributed by atoms with Crippen molar-refractivity contribution in [3.63, 3.8) is 0 Å². The molecule has 13 heavy (non-hydrogen) atoms. The molecule has 78 valence electrons. The van der Waals surface area contributed by atoms with Crippen LogP contribution in [-0.4, -0.2) is 48.8 Å². The molecule has 2 N–H and O–H groups in total. The van der Waals surface area contributed by atoms with E-state index < -0.39 is 0 Å². The molecule has 0 aromatic rings. The molecule has 3 atom stereocenters. The zero-order chi connectivity index (χ0) is 9.84. The second-order valence-corrected chi connectivity index (χ2v) is 4.33. The van der Waals surface area contributed by atoms with Crippen LogP contribution in [0.2, 0.25) is 0 Å². The molecular weight excluding hydrogens is 164 g/mol. The summed E-state index contributed by atoms with van der Waals surface area (Å²) in [4.78, 5) is 2.19. The van der Waals surface area contributed by atoms with Gasteiger partial charge in [0.15, 0.2) is 0 Å². The molecule has 0 spiro atoms. The van der Waals surface area contributed by atoms with Crippen molar-refractivity contribution in [3.8, 4) is 0 Å². The van der Waals surface area contributed by atoms with Gasteiger partial charge in [0.05, 0.1) is 6.10 Å². The van der Waals surface area contributed by atoms with Gasteiger partial charge < -0.3 is 15.3 Å². The van der Waals surface area contributed by atoms with Crippen molar-refractivity contribution >= 4 is 0 Å². The number of nitrogens with zero attached hydrogens (tertiary/aromatic N) is 1. The van der Waals surface area contributed by atoms with Gasteiger partial charge in [0.25, 0.3) is 0 Å². The van der Waals surface area contributed by atoms with Crippen LogP contribution in [0.15, 0.2) is 0 Å². The van der Waals surface area contributed by atoms with Gasteiger partial charge in [-0.2, -0.15) is 0 Å². The molecule has 1 rings (SSSR count). The predicted molar refractivity (Wildman–Crippen MR) is 54.8 cm³/mol. The summed E-state index contributed by atoms with van der Waals surface area (Å²) >= 11 is 0. The number of aliphatic hydroxyl groups is 1. The molecule has 0 saturated heterocycles. The van der Waals surface area contributed by atoms with Crippen LogP contribution >= 0.6 is 0 Å². The van der Waals surface area contributed by atoms with Crippen molar-refractivity contribution in [2.75, 3.05) is 20.6 Å². The number of rotatable bonds is 4. The Bertz CT molecular complexity index is 150. The highest BCUT2D eigenvalue weighted by atomic mass is 16.3. The largest absolute Gasteiger partial charge is 0.392 e. The lowest BCUT2D eigenvalue weighted by Gasteiger charge is -2.23. The quantitative estimate of drug-likeness (QED) is 0.669. The summed E-state index contributed by atoms with van der Waals surface area (Å²) in [5.74, 6) is 0. The summed E-state index contributed by atoms with van der Waals surface area (Å²) in [5, 5.41) is 13.0. The molecule has 3 nitrogen and oxygen atoms in total. The van der Waals surface area contributed by atoms with E-state index in [1.54, 1.807) is 0 Å². The number of likely N-dealkylation sites (N-methyl/N-ethyl adjacent to an activating group) is 1. The van der Waals surface area contributed by atoms with E-state index >= 15 is 0 Å². The number of nitrogens with one attached hydrogen (secondary N) is 1. The highest BCUT2D eigenvalue weighted by Crippen LogP contribution is 2.18. The van der Waals surface area contributed by atoms with Gasteiger partial charge in [0.1, 0.15) is 0 Å². The van der Waals surface area contributed by atoms with Gasteiger partial charge in [0, 0.05) is 18.6 Å². The van der Waals surface area contributed by atoms with Gasteiger partial charge in [-0.25, -0.2) is 0 Å². The molecule has 1 aliphatic rings. The third kappa shape index (κ3) is 3.25. The van der Waals surface area contributed by atoms with Gasteiger partial charge in [-0.1, -0.05) is 0 Å². The SMILES string of the molecule is CC(CN[C@@H]1CCC[C@H]1O)N(C)C. The Balaban J connectivity index is 2.18. The molecule has 0 bridgehead atoms. The molecule has 0 radical (unpaired) electrons. The predicted octanol–water partition coefficient (Wildman–Crippen LogP) is 0.440. The summed E-state index contributed by atoms with van der Waals surface area (Å²) in [6, 6.07) is 0.871. The van der Waals surface area contributed by atoms with E-state index in [9.17, 15) is 5.11 Å². The molecule has 1 saturated carbocycles. The van der Waals surface area contributed by atoms with Gasteiger partial charge in [-0.3, -0.25) is 0 Å². The molecule has 0 heterocycles. The molecule has 0 amide bonds. The van der Waals surface area contributed by atoms with Crippen molar-refractivity contribution in [2.45, 2.75) is 44.4 Å². The van der Waals surface area contributed by atoms with Crippen LogP contribution in [0.5, 0.6) is 0 Å². The van der Waals surface area contributed by atoms with Crippen molar-refractivity contribution in [1.29, 1.82) is 0 Å². The molecular formula is C10H22N2O. The summed E-state index contributed by atoms with van der Waals surface area (Å²) < 4.78 is 0. The van der Waals surface area contributed by atoms with E-state index in [2.05, 4.69) is 31.2 Å². The van der Waals surface area contributed by atoms with E-state index in [1.807, 2.05) is 0 Å². The van der Waals surface area contributed by atoms with Crippen molar-refractivity contribution in [1.82, 2.24) is 10.2 Å². The molecule has 0 aromatic carbocycles. The average molecular weight is 186 g/mol. The van der Waals surface area contributed by atoms with E-state index in [1.165, 1.54) is 0 Å².